The Labute approximate surface area is 153 Å². The van der Waals surface area contributed by atoms with E-state index in [9.17, 15) is 4.79 Å². The lowest BCUT2D eigenvalue weighted by Crippen LogP contribution is -2.34. The molecule has 0 aliphatic rings. The normalized spacial score (nSPS) is 10.8. The first-order valence-corrected chi connectivity index (χ1v) is 8.30. The van der Waals surface area contributed by atoms with Crippen LogP contribution in [-0.2, 0) is 4.79 Å². The van der Waals surface area contributed by atoms with Gasteiger partial charge in [-0.1, -0.05) is 0 Å². The quantitative estimate of drug-likeness (QED) is 0.737. The van der Waals surface area contributed by atoms with Crippen molar-refractivity contribution in [1.29, 1.82) is 0 Å². The van der Waals surface area contributed by atoms with Crippen LogP contribution in [0, 0.1) is 0 Å². The third-order valence-corrected chi connectivity index (χ3v) is 3.44. The molecule has 0 aliphatic heterocycles. The van der Waals surface area contributed by atoms with Crippen LogP contribution in [0.25, 0.3) is 0 Å². The fraction of sp³-hybridized carbons (Fsp3) is 0.300. The Bertz CT molecular complexity index is 755. The van der Waals surface area contributed by atoms with Gasteiger partial charge < -0.3 is 19.5 Å². The van der Waals surface area contributed by atoms with Crippen LogP contribution in [0.5, 0.6) is 17.2 Å². The summed E-state index contributed by atoms with van der Waals surface area (Å²) in [7, 11) is 3.20. The fourth-order valence-corrected chi connectivity index (χ4v) is 2.20. The van der Waals surface area contributed by atoms with E-state index >= 15 is 0 Å². The summed E-state index contributed by atoms with van der Waals surface area (Å²) in [6.45, 7) is 3.81. The second kappa shape index (κ2) is 9.46. The molecule has 0 saturated heterocycles. The number of carbonyl (C=O) groups excluding carboxylic acids is 1. The molecule has 1 N–H and O–H groups in total. The minimum atomic E-state index is -0.141. The number of nitrogens with one attached hydrogen (secondary N) is 1. The van der Waals surface area contributed by atoms with Gasteiger partial charge >= 0.3 is 0 Å². The van der Waals surface area contributed by atoms with Crippen molar-refractivity contribution in [1.82, 2.24) is 5.32 Å². The fourth-order valence-electron chi connectivity index (χ4n) is 2.20. The number of methoxy groups -OCH3 is 2. The van der Waals surface area contributed by atoms with Gasteiger partial charge in [0.25, 0.3) is 5.91 Å². The molecule has 0 unspecified atom stereocenters. The van der Waals surface area contributed by atoms with Gasteiger partial charge in [-0.2, -0.15) is 0 Å². The summed E-state index contributed by atoms with van der Waals surface area (Å²) in [5.41, 5.74) is 1.61. The Morgan fingerprint density at radius 3 is 2.38 bits per heavy atom. The van der Waals surface area contributed by atoms with Gasteiger partial charge in [-0.25, -0.2) is 0 Å². The van der Waals surface area contributed by atoms with Gasteiger partial charge in [0.2, 0.25) is 0 Å². The number of benzene rings is 2. The van der Waals surface area contributed by atoms with Crippen molar-refractivity contribution >= 4 is 17.8 Å². The van der Waals surface area contributed by atoms with Gasteiger partial charge in [0.15, 0.2) is 6.61 Å². The summed E-state index contributed by atoms with van der Waals surface area (Å²) < 4.78 is 16.0. The molecular formula is C20H24N2O4. The van der Waals surface area contributed by atoms with Crippen molar-refractivity contribution in [2.24, 2.45) is 4.99 Å². The zero-order chi connectivity index (χ0) is 18.9. The predicted octanol–water partition coefficient (Wildman–Crippen LogP) is 3.36. The highest BCUT2D eigenvalue weighted by Crippen LogP contribution is 2.31. The summed E-state index contributed by atoms with van der Waals surface area (Å²) in [6.07, 6.45) is 1.74. The number of ether oxygens (including phenoxy) is 3. The summed E-state index contributed by atoms with van der Waals surface area (Å²) in [6, 6.07) is 12.9. The smallest absolute Gasteiger partial charge is 0.258 e. The average molecular weight is 356 g/mol. The van der Waals surface area contributed by atoms with E-state index in [0.29, 0.717) is 22.9 Å². The van der Waals surface area contributed by atoms with Crippen LogP contribution in [-0.4, -0.2) is 39.0 Å². The average Bonchev–Trinajstić information content (AvgIpc) is 2.64. The second-order valence-electron chi connectivity index (χ2n) is 5.88. The first-order chi connectivity index (χ1) is 12.5. The molecule has 0 aliphatic carbocycles. The van der Waals surface area contributed by atoms with E-state index in [2.05, 4.69) is 10.3 Å². The van der Waals surface area contributed by atoms with Crippen molar-refractivity contribution in [3.05, 3.63) is 48.0 Å². The zero-order valence-electron chi connectivity index (χ0n) is 15.5. The van der Waals surface area contributed by atoms with E-state index in [-0.39, 0.29) is 18.6 Å². The van der Waals surface area contributed by atoms with Crippen LogP contribution < -0.4 is 19.5 Å². The van der Waals surface area contributed by atoms with E-state index in [1.807, 2.05) is 38.1 Å². The third-order valence-electron chi connectivity index (χ3n) is 3.44. The minimum absolute atomic E-state index is 0.00529. The van der Waals surface area contributed by atoms with Gasteiger partial charge in [0.05, 0.1) is 14.2 Å². The lowest BCUT2D eigenvalue weighted by Gasteiger charge is -2.09. The standard InChI is InChI=1S/C20H24N2O4/c1-14(2)22-20(23)13-26-16-7-5-15(6-8-16)12-21-18-10-9-17(24-3)11-19(18)25-4/h5-12,14H,13H2,1-4H3,(H,22,23). The van der Waals surface area contributed by atoms with Crippen molar-refractivity contribution in [3.8, 4) is 17.2 Å². The van der Waals surface area contributed by atoms with Crippen molar-refractivity contribution < 1.29 is 19.0 Å². The zero-order valence-corrected chi connectivity index (χ0v) is 15.5. The molecule has 26 heavy (non-hydrogen) atoms. The summed E-state index contributed by atoms with van der Waals surface area (Å²) in [4.78, 5) is 16.0. The van der Waals surface area contributed by atoms with Crippen molar-refractivity contribution in [3.63, 3.8) is 0 Å². The predicted molar refractivity (Wildman–Crippen MR) is 102 cm³/mol. The number of nitrogens with zero attached hydrogens (tertiary/aromatic N) is 1. The first kappa shape index (κ1) is 19.3. The molecule has 2 aromatic rings. The molecular weight excluding hydrogens is 332 g/mol. The Hall–Kier alpha value is -3.02. The van der Waals surface area contributed by atoms with Crippen LogP contribution in [0.15, 0.2) is 47.5 Å². The van der Waals surface area contributed by atoms with Crippen LogP contribution >= 0.6 is 0 Å². The number of rotatable bonds is 8. The lowest BCUT2D eigenvalue weighted by molar-refractivity contribution is -0.123. The molecule has 138 valence electrons. The maximum atomic E-state index is 11.6. The topological polar surface area (TPSA) is 69.2 Å². The number of amides is 1. The molecule has 0 atom stereocenters. The first-order valence-electron chi connectivity index (χ1n) is 8.30. The van der Waals surface area contributed by atoms with E-state index in [4.69, 9.17) is 14.2 Å². The van der Waals surface area contributed by atoms with Crippen LogP contribution in [0.1, 0.15) is 19.4 Å². The third kappa shape index (κ3) is 5.81. The van der Waals surface area contributed by atoms with Crippen LogP contribution in [0.2, 0.25) is 0 Å². The van der Waals surface area contributed by atoms with Crippen molar-refractivity contribution in [2.75, 3.05) is 20.8 Å². The maximum Gasteiger partial charge on any atom is 0.258 e. The van der Waals surface area contributed by atoms with Crippen LogP contribution in [0.3, 0.4) is 0 Å². The van der Waals surface area contributed by atoms with Crippen molar-refractivity contribution in [2.45, 2.75) is 19.9 Å². The molecule has 2 rings (SSSR count). The molecule has 0 radical (unpaired) electrons. The SMILES string of the molecule is COc1ccc(N=Cc2ccc(OCC(=O)NC(C)C)cc2)c(OC)c1. The molecule has 6 nitrogen and oxygen atoms in total. The Balaban J connectivity index is 1.98. The Morgan fingerprint density at radius 2 is 1.77 bits per heavy atom. The van der Waals surface area contributed by atoms with Gasteiger partial charge in [-0.3, -0.25) is 9.79 Å². The molecule has 0 spiro atoms. The summed E-state index contributed by atoms with van der Waals surface area (Å²) in [5.74, 6) is 1.83. The van der Waals surface area contributed by atoms with Gasteiger partial charge in [-0.05, 0) is 55.8 Å². The lowest BCUT2D eigenvalue weighted by atomic mass is 10.2. The number of aliphatic imine (C=N–C) groups is 1. The molecule has 0 fully saturated rings. The van der Waals surface area contributed by atoms with Crippen LogP contribution in [0.4, 0.5) is 5.69 Å². The molecule has 0 aromatic heterocycles. The van der Waals surface area contributed by atoms with Gasteiger partial charge in [0, 0.05) is 18.3 Å². The molecule has 0 heterocycles. The molecule has 0 bridgehead atoms. The molecule has 0 saturated carbocycles. The molecule has 6 heteroatoms. The monoisotopic (exact) mass is 356 g/mol. The largest absolute Gasteiger partial charge is 0.497 e. The highest BCUT2D eigenvalue weighted by Gasteiger charge is 2.05. The Morgan fingerprint density at radius 1 is 1.08 bits per heavy atom. The maximum absolute atomic E-state index is 11.6. The number of hydrogen-bond acceptors (Lipinski definition) is 5. The second-order valence-corrected chi connectivity index (χ2v) is 5.88. The molecule has 1 amide bonds. The van der Waals surface area contributed by atoms with Gasteiger partial charge in [0.1, 0.15) is 22.9 Å². The van der Waals surface area contributed by atoms with E-state index in [0.717, 1.165) is 5.56 Å². The Kier molecular flexibility index (Phi) is 7.02. The summed E-state index contributed by atoms with van der Waals surface area (Å²) >= 11 is 0. The van der Waals surface area contributed by atoms with E-state index in [1.165, 1.54) is 0 Å². The highest BCUT2D eigenvalue weighted by atomic mass is 16.5. The molecule has 2 aromatic carbocycles. The van der Waals surface area contributed by atoms with E-state index < -0.39 is 0 Å². The highest BCUT2D eigenvalue weighted by molar-refractivity contribution is 5.83. The minimum Gasteiger partial charge on any atom is -0.497 e. The summed E-state index contributed by atoms with van der Waals surface area (Å²) in [5, 5.41) is 2.78. The van der Waals surface area contributed by atoms with Gasteiger partial charge in [-0.15, -0.1) is 0 Å². The number of hydrogen-bond donors (Lipinski definition) is 1. The van der Waals surface area contributed by atoms with E-state index in [1.54, 1.807) is 38.6 Å². The number of carbonyl (C=O) groups is 1.